The lowest BCUT2D eigenvalue weighted by atomic mass is 9.99. The van der Waals surface area contributed by atoms with E-state index in [-0.39, 0.29) is 12.5 Å². The molecule has 0 fully saturated rings. The van der Waals surface area contributed by atoms with Crippen LogP contribution in [0.25, 0.3) is 0 Å². The Labute approximate surface area is 110 Å². The van der Waals surface area contributed by atoms with E-state index in [4.69, 9.17) is 14.6 Å². The number of carbonyl (C=O) groups is 1. The number of carbonyl (C=O) groups excluding carboxylic acids is 1. The molecule has 0 rings (SSSR count). The van der Waals surface area contributed by atoms with Crippen molar-refractivity contribution in [3.05, 3.63) is 0 Å². The number of rotatable bonds is 11. The van der Waals surface area contributed by atoms with Gasteiger partial charge in [0.25, 0.3) is 0 Å². The van der Waals surface area contributed by atoms with E-state index < -0.39 is 0 Å². The second-order valence-corrected chi connectivity index (χ2v) is 4.73. The van der Waals surface area contributed by atoms with Gasteiger partial charge in [0.2, 0.25) is 5.91 Å². The first-order chi connectivity index (χ1) is 8.57. The molecule has 0 bridgehead atoms. The van der Waals surface area contributed by atoms with Crippen LogP contribution in [-0.2, 0) is 14.3 Å². The maximum absolute atomic E-state index is 11.4. The van der Waals surface area contributed by atoms with Crippen LogP contribution < -0.4 is 5.32 Å². The standard InChI is InChI=1S/C13H27NO4/c1-11(2)12(3)10-18-7-4-13(16)14-5-8-17-9-6-15/h11-12,15H,4-10H2,1-3H3,(H,14,16). The van der Waals surface area contributed by atoms with Gasteiger partial charge in [0.15, 0.2) is 0 Å². The van der Waals surface area contributed by atoms with Crippen molar-refractivity contribution in [2.75, 3.05) is 39.6 Å². The fourth-order valence-corrected chi connectivity index (χ4v) is 1.14. The number of aliphatic hydroxyl groups is 1. The Morgan fingerprint density at radius 3 is 2.50 bits per heavy atom. The molecule has 0 aliphatic rings. The van der Waals surface area contributed by atoms with Gasteiger partial charge in [0.05, 0.1) is 26.4 Å². The normalized spacial score (nSPS) is 12.7. The molecular formula is C13H27NO4. The molecule has 5 heteroatoms. The Balaban J connectivity index is 3.32. The van der Waals surface area contributed by atoms with Crippen LogP contribution in [0.2, 0.25) is 0 Å². The maximum atomic E-state index is 11.4. The molecule has 0 saturated carbocycles. The van der Waals surface area contributed by atoms with Gasteiger partial charge in [-0.3, -0.25) is 4.79 Å². The van der Waals surface area contributed by atoms with Crippen molar-refractivity contribution in [1.29, 1.82) is 0 Å². The quantitative estimate of drug-likeness (QED) is 0.540. The molecule has 0 radical (unpaired) electrons. The van der Waals surface area contributed by atoms with Gasteiger partial charge in [-0.1, -0.05) is 20.8 Å². The molecule has 1 unspecified atom stereocenters. The van der Waals surface area contributed by atoms with Gasteiger partial charge < -0.3 is 19.9 Å². The summed E-state index contributed by atoms with van der Waals surface area (Å²) < 4.78 is 10.5. The molecule has 0 spiro atoms. The molecule has 0 saturated heterocycles. The Morgan fingerprint density at radius 2 is 1.89 bits per heavy atom. The third-order valence-corrected chi connectivity index (χ3v) is 2.80. The van der Waals surface area contributed by atoms with E-state index in [9.17, 15) is 4.79 Å². The van der Waals surface area contributed by atoms with E-state index in [2.05, 4.69) is 26.1 Å². The zero-order valence-electron chi connectivity index (χ0n) is 11.8. The first-order valence-corrected chi connectivity index (χ1v) is 6.61. The van der Waals surface area contributed by atoms with Gasteiger partial charge in [0.1, 0.15) is 0 Å². The van der Waals surface area contributed by atoms with Gasteiger partial charge in [-0.05, 0) is 11.8 Å². The molecule has 0 aromatic carbocycles. The molecule has 1 atom stereocenters. The minimum Gasteiger partial charge on any atom is -0.394 e. The predicted octanol–water partition coefficient (Wildman–Crippen LogP) is 0.810. The summed E-state index contributed by atoms with van der Waals surface area (Å²) >= 11 is 0. The van der Waals surface area contributed by atoms with Crippen molar-refractivity contribution < 1.29 is 19.4 Å². The van der Waals surface area contributed by atoms with Crippen molar-refractivity contribution in [3.8, 4) is 0 Å². The van der Waals surface area contributed by atoms with Crippen LogP contribution in [0, 0.1) is 11.8 Å². The number of ether oxygens (including phenoxy) is 2. The van der Waals surface area contributed by atoms with Crippen molar-refractivity contribution in [3.63, 3.8) is 0 Å². The van der Waals surface area contributed by atoms with Crippen LogP contribution >= 0.6 is 0 Å². The lowest BCUT2D eigenvalue weighted by Crippen LogP contribution is -2.28. The Bertz CT molecular complexity index is 209. The number of amides is 1. The lowest BCUT2D eigenvalue weighted by molar-refractivity contribution is -0.122. The van der Waals surface area contributed by atoms with Gasteiger partial charge in [-0.25, -0.2) is 0 Å². The molecular weight excluding hydrogens is 234 g/mol. The van der Waals surface area contributed by atoms with Gasteiger partial charge in [-0.2, -0.15) is 0 Å². The number of hydrogen-bond acceptors (Lipinski definition) is 4. The van der Waals surface area contributed by atoms with E-state index in [1.54, 1.807) is 0 Å². The van der Waals surface area contributed by atoms with Crippen molar-refractivity contribution in [2.24, 2.45) is 11.8 Å². The van der Waals surface area contributed by atoms with Crippen LogP contribution in [0.5, 0.6) is 0 Å². The van der Waals surface area contributed by atoms with Gasteiger partial charge in [-0.15, -0.1) is 0 Å². The third kappa shape index (κ3) is 10.5. The van der Waals surface area contributed by atoms with Crippen LogP contribution in [0.3, 0.4) is 0 Å². The van der Waals surface area contributed by atoms with Gasteiger partial charge in [0, 0.05) is 19.6 Å². The monoisotopic (exact) mass is 261 g/mol. The van der Waals surface area contributed by atoms with E-state index in [1.807, 2.05) is 0 Å². The summed E-state index contributed by atoms with van der Waals surface area (Å²) in [5, 5.41) is 11.2. The summed E-state index contributed by atoms with van der Waals surface area (Å²) in [4.78, 5) is 11.4. The third-order valence-electron chi connectivity index (χ3n) is 2.80. The molecule has 18 heavy (non-hydrogen) atoms. The summed E-state index contributed by atoms with van der Waals surface area (Å²) in [6, 6.07) is 0. The van der Waals surface area contributed by atoms with Crippen molar-refractivity contribution in [2.45, 2.75) is 27.2 Å². The molecule has 108 valence electrons. The molecule has 0 aliphatic heterocycles. The highest BCUT2D eigenvalue weighted by molar-refractivity contribution is 5.75. The molecule has 2 N–H and O–H groups in total. The first kappa shape index (κ1) is 17.4. The second-order valence-electron chi connectivity index (χ2n) is 4.73. The van der Waals surface area contributed by atoms with Crippen molar-refractivity contribution >= 4 is 5.91 Å². The average Bonchev–Trinajstić information content (AvgIpc) is 2.34. The average molecular weight is 261 g/mol. The fraction of sp³-hybridized carbons (Fsp3) is 0.923. The summed E-state index contributed by atoms with van der Waals surface area (Å²) in [6.45, 7) is 8.84. The Morgan fingerprint density at radius 1 is 1.17 bits per heavy atom. The Hall–Kier alpha value is -0.650. The zero-order chi connectivity index (χ0) is 13.8. The van der Waals surface area contributed by atoms with E-state index in [0.29, 0.717) is 51.2 Å². The van der Waals surface area contributed by atoms with Crippen LogP contribution in [-0.4, -0.2) is 50.6 Å². The topological polar surface area (TPSA) is 67.8 Å². The van der Waals surface area contributed by atoms with Gasteiger partial charge >= 0.3 is 0 Å². The Kier molecular flexibility index (Phi) is 11.0. The second kappa shape index (κ2) is 11.4. The molecule has 0 heterocycles. The van der Waals surface area contributed by atoms with E-state index >= 15 is 0 Å². The summed E-state index contributed by atoms with van der Waals surface area (Å²) in [5.74, 6) is 1.09. The fourth-order valence-electron chi connectivity index (χ4n) is 1.14. The maximum Gasteiger partial charge on any atom is 0.222 e. The molecule has 5 nitrogen and oxygen atoms in total. The molecule has 0 aromatic rings. The smallest absolute Gasteiger partial charge is 0.222 e. The van der Waals surface area contributed by atoms with Crippen LogP contribution in [0.1, 0.15) is 27.2 Å². The number of aliphatic hydroxyl groups excluding tert-OH is 1. The summed E-state index contributed by atoms with van der Waals surface area (Å²) in [5.41, 5.74) is 0. The molecule has 0 aromatic heterocycles. The lowest BCUT2D eigenvalue weighted by Gasteiger charge is -2.15. The predicted molar refractivity (Wildman–Crippen MR) is 70.4 cm³/mol. The highest BCUT2D eigenvalue weighted by atomic mass is 16.5. The number of nitrogens with one attached hydrogen (secondary N) is 1. The minimum absolute atomic E-state index is 0.00974. The SMILES string of the molecule is CC(C)C(C)COCCC(=O)NCCOCCO. The van der Waals surface area contributed by atoms with E-state index in [0.717, 1.165) is 0 Å². The van der Waals surface area contributed by atoms with Crippen LogP contribution in [0.15, 0.2) is 0 Å². The summed E-state index contributed by atoms with van der Waals surface area (Å²) in [6.07, 6.45) is 0.380. The highest BCUT2D eigenvalue weighted by Gasteiger charge is 2.07. The number of hydrogen-bond donors (Lipinski definition) is 2. The largest absolute Gasteiger partial charge is 0.394 e. The van der Waals surface area contributed by atoms with E-state index in [1.165, 1.54) is 0 Å². The first-order valence-electron chi connectivity index (χ1n) is 6.61. The highest BCUT2D eigenvalue weighted by Crippen LogP contribution is 2.09. The minimum atomic E-state index is -0.0280. The molecule has 1 amide bonds. The zero-order valence-corrected chi connectivity index (χ0v) is 11.8. The van der Waals surface area contributed by atoms with Crippen LogP contribution in [0.4, 0.5) is 0 Å². The van der Waals surface area contributed by atoms with Crippen molar-refractivity contribution in [1.82, 2.24) is 5.32 Å². The molecule has 0 aliphatic carbocycles. The summed E-state index contributed by atoms with van der Waals surface area (Å²) in [7, 11) is 0.